The number of esters is 1. The SMILES string of the molecule is CCCCOC(=O)c1ccc(NC(=O)C(Sc2cccc(NC(=O)/C(=C\c3ccc(O)cc3OC)NC(=O)c3ccccc3)c2)c2ccccc2)cc1. The second-order valence-electron chi connectivity index (χ2n) is 11.8. The lowest BCUT2D eigenvalue weighted by molar-refractivity contribution is -0.116. The van der Waals surface area contributed by atoms with Crippen LogP contribution in [0.4, 0.5) is 11.4 Å². The van der Waals surface area contributed by atoms with E-state index in [1.54, 1.807) is 78.9 Å². The van der Waals surface area contributed by atoms with Gasteiger partial charge in [-0.3, -0.25) is 14.4 Å². The summed E-state index contributed by atoms with van der Waals surface area (Å²) in [5.41, 5.74) is 2.84. The number of methoxy groups -OCH3 is 1. The first-order valence-corrected chi connectivity index (χ1v) is 17.8. The topological polar surface area (TPSA) is 143 Å². The Kier molecular flexibility index (Phi) is 13.4. The fraction of sp³-hybridized carbons (Fsp3) is 0.143. The Morgan fingerprint density at radius 2 is 1.49 bits per heavy atom. The first-order chi connectivity index (χ1) is 25.7. The lowest BCUT2D eigenvalue weighted by Gasteiger charge is -2.18. The Morgan fingerprint density at radius 1 is 0.774 bits per heavy atom. The van der Waals surface area contributed by atoms with Crippen LogP contribution in [0.3, 0.4) is 0 Å². The molecule has 10 nitrogen and oxygen atoms in total. The molecule has 3 amide bonds. The fourth-order valence-corrected chi connectivity index (χ4v) is 6.17. The van der Waals surface area contributed by atoms with Crippen molar-refractivity contribution in [3.05, 3.63) is 155 Å². The van der Waals surface area contributed by atoms with Gasteiger partial charge in [-0.25, -0.2) is 4.79 Å². The number of thioether (sulfide) groups is 1. The van der Waals surface area contributed by atoms with Crippen molar-refractivity contribution in [2.24, 2.45) is 0 Å². The molecule has 0 saturated carbocycles. The highest BCUT2D eigenvalue weighted by molar-refractivity contribution is 8.00. The molecule has 1 atom stereocenters. The summed E-state index contributed by atoms with van der Waals surface area (Å²) in [4.78, 5) is 53.7. The van der Waals surface area contributed by atoms with Gasteiger partial charge in [-0.2, -0.15) is 0 Å². The predicted octanol–water partition coefficient (Wildman–Crippen LogP) is 8.24. The molecule has 5 rings (SSSR count). The van der Waals surface area contributed by atoms with Gasteiger partial charge in [-0.05, 0) is 84.8 Å². The lowest BCUT2D eigenvalue weighted by Crippen LogP contribution is -2.30. The van der Waals surface area contributed by atoms with Crippen LogP contribution in [0.2, 0.25) is 0 Å². The van der Waals surface area contributed by atoms with Gasteiger partial charge >= 0.3 is 5.97 Å². The summed E-state index contributed by atoms with van der Waals surface area (Å²) >= 11 is 1.29. The third kappa shape index (κ3) is 10.8. The van der Waals surface area contributed by atoms with Gasteiger partial charge in [0.05, 0.1) is 19.3 Å². The van der Waals surface area contributed by atoms with E-state index in [0.29, 0.717) is 45.3 Å². The standard InChI is InChI=1S/C42H39N3O7S/c1-3-4-24-52-42(50)30-18-21-32(22-19-30)43-41(49)38(28-12-7-5-8-13-28)53-35-17-11-16-33(26-35)44-40(48)36(45-39(47)29-14-9-6-10-15-29)25-31-20-23-34(46)27-37(31)51-2/h5-23,25-27,38,46H,3-4,24H2,1-2H3,(H,43,49)(H,44,48)(H,45,47)/b36-25+. The number of hydrogen-bond donors (Lipinski definition) is 4. The maximum Gasteiger partial charge on any atom is 0.338 e. The molecule has 0 heterocycles. The van der Waals surface area contributed by atoms with E-state index in [9.17, 15) is 24.3 Å². The summed E-state index contributed by atoms with van der Waals surface area (Å²) in [5.74, 6) is -1.52. The van der Waals surface area contributed by atoms with E-state index < -0.39 is 23.0 Å². The molecule has 0 fully saturated rings. The van der Waals surface area contributed by atoms with E-state index in [1.807, 2.05) is 43.3 Å². The van der Waals surface area contributed by atoms with Crippen molar-refractivity contribution in [2.45, 2.75) is 29.9 Å². The minimum Gasteiger partial charge on any atom is -0.508 e. The van der Waals surface area contributed by atoms with Crippen LogP contribution < -0.4 is 20.7 Å². The van der Waals surface area contributed by atoms with Crippen molar-refractivity contribution in [1.29, 1.82) is 0 Å². The van der Waals surface area contributed by atoms with Crippen LogP contribution in [0.25, 0.3) is 6.08 Å². The van der Waals surface area contributed by atoms with Crippen molar-refractivity contribution >= 4 is 52.9 Å². The van der Waals surface area contributed by atoms with Gasteiger partial charge in [-0.1, -0.05) is 67.9 Å². The largest absolute Gasteiger partial charge is 0.508 e. The molecule has 0 aliphatic carbocycles. The third-order valence-corrected chi connectivity index (χ3v) is 9.10. The monoisotopic (exact) mass is 729 g/mol. The third-order valence-electron chi connectivity index (χ3n) is 7.85. The van der Waals surface area contributed by atoms with E-state index in [-0.39, 0.29) is 17.4 Å². The predicted molar refractivity (Wildman–Crippen MR) is 207 cm³/mol. The average molecular weight is 730 g/mol. The Labute approximate surface area is 312 Å². The highest BCUT2D eigenvalue weighted by Crippen LogP contribution is 2.37. The van der Waals surface area contributed by atoms with Gasteiger partial charge in [-0.15, -0.1) is 11.8 Å². The zero-order valence-corrected chi connectivity index (χ0v) is 30.0. The number of ether oxygens (including phenoxy) is 2. The highest BCUT2D eigenvalue weighted by atomic mass is 32.2. The summed E-state index contributed by atoms with van der Waals surface area (Å²) < 4.78 is 10.7. The minimum absolute atomic E-state index is 0.0206. The molecule has 0 bridgehead atoms. The van der Waals surface area contributed by atoms with Crippen LogP contribution in [0.15, 0.2) is 138 Å². The highest BCUT2D eigenvalue weighted by Gasteiger charge is 2.23. The average Bonchev–Trinajstić information content (AvgIpc) is 3.18. The number of unbranched alkanes of at least 4 members (excludes halogenated alkanes) is 1. The summed E-state index contributed by atoms with van der Waals surface area (Å²) in [6, 6.07) is 35.8. The molecule has 0 radical (unpaired) electrons. The van der Waals surface area contributed by atoms with E-state index in [2.05, 4.69) is 16.0 Å². The molecular formula is C42H39N3O7S. The fourth-order valence-electron chi connectivity index (χ4n) is 5.09. The van der Waals surface area contributed by atoms with E-state index in [0.717, 1.165) is 18.4 Å². The molecule has 11 heteroatoms. The van der Waals surface area contributed by atoms with E-state index in [1.165, 1.54) is 37.1 Å². The number of carbonyl (C=O) groups is 4. The first-order valence-electron chi connectivity index (χ1n) is 16.9. The number of amides is 3. The number of phenols is 1. The maximum atomic E-state index is 13.8. The molecule has 1 unspecified atom stereocenters. The molecule has 5 aromatic carbocycles. The van der Waals surface area contributed by atoms with Crippen LogP contribution in [0.5, 0.6) is 11.5 Å². The number of hydrogen-bond acceptors (Lipinski definition) is 8. The van der Waals surface area contributed by atoms with Crippen LogP contribution >= 0.6 is 11.8 Å². The van der Waals surface area contributed by atoms with Crippen LogP contribution in [0, 0.1) is 0 Å². The summed E-state index contributed by atoms with van der Waals surface area (Å²) in [7, 11) is 1.43. The van der Waals surface area contributed by atoms with Crippen molar-refractivity contribution < 1.29 is 33.8 Å². The molecule has 0 spiro atoms. The minimum atomic E-state index is -0.677. The maximum absolute atomic E-state index is 13.8. The van der Waals surface area contributed by atoms with E-state index in [4.69, 9.17) is 9.47 Å². The number of rotatable bonds is 15. The smallest absolute Gasteiger partial charge is 0.338 e. The molecule has 270 valence electrons. The molecular weight excluding hydrogens is 691 g/mol. The molecule has 53 heavy (non-hydrogen) atoms. The zero-order valence-electron chi connectivity index (χ0n) is 29.2. The Hall–Kier alpha value is -6.33. The van der Waals surface area contributed by atoms with Crippen LogP contribution in [-0.4, -0.2) is 42.5 Å². The van der Waals surface area contributed by atoms with E-state index >= 15 is 0 Å². The summed E-state index contributed by atoms with van der Waals surface area (Å²) in [6.45, 7) is 2.37. The number of benzene rings is 5. The van der Waals surface area contributed by atoms with Crippen molar-refractivity contribution in [3.63, 3.8) is 0 Å². The number of aromatic hydroxyl groups is 1. The molecule has 0 aliphatic heterocycles. The van der Waals surface area contributed by atoms with Crippen LogP contribution in [0.1, 0.15) is 56.9 Å². The number of phenolic OH excluding ortho intramolecular Hbond substituents is 1. The van der Waals surface area contributed by atoms with Crippen LogP contribution in [-0.2, 0) is 14.3 Å². The van der Waals surface area contributed by atoms with Gasteiger partial charge < -0.3 is 30.5 Å². The van der Waals surface area contributed by atoms with Crippen molar-refractivity contribution in [2.75, 3.05) is 24.4 Å². The molecule has 0 aromatic heterocycles. The van der Waals surface area contributed by atoms with Crippen molar-refractivity contribution in [3.8, 4) is 11.5 Å². The van der Waals surface area contributed by atoms with Gasteiger partial charge in [0.1, 0.15) is 22.4 Å². The summed E-state index contributed by atoms with van der Waals surface area (Å²) in [6.07, 6.45) is 3.17. The normalized spacial score (nSPS) is 11.5. The van der Waals surface area contributed by atoms with Gasteiger partial charge in [0, 0.05) is 33.5 Å². The number of nitrogens with one attached hydrogen (secondary N) is 3. The second-order valence-corrected chi connectivity index (χ2v) is 12.9. The quantitative estimate of drug-likeness (QED) is 0.0365. The first kappa shape index (κ1) is 37.9. The molecule has 4 N–H and O–H groups in total. The van der Waals surface area contributed by atoms with Gasteiger partial charge in [0.15, 0.2) is 0 Å². The molecule has 5 aromatic rings. The van der Waals surface area contributed by atoms with Crippen molar-refractivity contribution in [1.82, 2.24) is 5.32 Å². The van der Waals surface area contributed by atoms with Gasteiger partial charge in [0.2, 0.25) is 5.91 Å². The Balaban J connectivity index is 1.35. The second kappa shape index (κ2) is 18.8. The number of carbonyl (C=O) groups excluding carboxylic acids is 4. The zero-order chi connectivity index (χ0) is 37.6. The molecule has 0 saturated heterocycles. The van der Waals surface area contributed by atoms with Gasteiger partial charge in [0.25, 0.3) is 11.8 Å². The lowest BCUT2D eigenvalue weighted by atomic mass is 10.1. The Bertz CT molecular complexity index is 2070. The number of anilines is 2. The Morgan fingerprint density at radius 3 is 2.19 bits per heavy atom. The summed E-state index contributed by atoms with van der Waals surface area (Å²) in [5, 5.41) is 17.8. The molecule has 0 aliphatic rings.